The topological polar surface area (TPSA) is 56.7 Å². The lowest BCUT2D eigenvalue weighted by Crippen LogP contribution is -2.16. The molecule has 2 aromatic heterocycles. The molecule has 0 saturated carbocycles. The van der Waals surface area contributed by atoms with Gasteiger partial charge in [-0.05, 0) is 30.7 Å². The maximum Gasteiger partial charge on any atom is 0.148 e. The van der Waals surface area contributed by atoms with Crippen molar-refractivity contribution in [2.75, 3.05) is 0 Å². The van der Waals surface area contributed by atoms with Crippen molar-refractivity contribution in [2.45, 2.75) is 6.92 Å². The lowest BCUT2D eigenvalue weighted by Gasteiger charge is -2.11. The summed E-state index contributed by atoms with van der Waals surface area (Å²) in [7, 11) is 0. The van der Waals surface area contributed by atoms with E-state index >= 15 is 0 Å². The minimum atomic E-state index is 0.346. The van der Waals surface area contributed by atoms with Gasteiger partial charge in [-0.25, -0.2) is 9.97 Å². The Morgan fingerprint density at radius 3 is 2.79 bits per heavy atom. The van der Waals surface area contributed by atoms with Crippen LogP contribution in [0, 0.1) is 6.92 Å². The molecule has 0 amide bonds. The summed E-state index contributed by atoms with van der Waals surface area (Å²) in [5.41, 5.74) is 9.53. The number of nitrogens with two attached hydrogens (primary N) is 1. The molecule has 0 aliphatic carbocycles. The van der Waals surface area contributed by atoms with Crippen LogP contribution >= 0.6 is 12.2 Å². The largest absolute Gasteiger partial charge is 0.389 e. The van der Waals surface area contributed by atoms with Crippen LogP contribution in [0.5, 0.6) is 0 Å². The van der Waals surface area contributed by atoms with Gasteiger partial charge in [-0.3, -0.25) is 4.57 Å². The van der Waals surface area contributed by atoms with Crippen LogP contribution in [-0.4, -0.2) is 19.5 Å². The number of benzene rings is 1. The summed E-state index contributed by atoms with van der Waals surface area (Å²) in [5.74, 6) is 0.723. The molecule has 0 spiro atoms. The van der Waals surface area contributed by atoms with E-state index in [-0.39, 0.29) is 0 Å². The average Bonchev–Trinajstić information content (AvgIpc) is 2.81. The maximum atomic E-state index is 5.82. The zero-order valence-electron chi connectivity index (χ0n) is 10.4. The Balaban J connectivity index is 2.33. The second kappa shape index (κ2) is 4.44. The number of nitrogens with zero attached hydrogens (tertiary/aromatic N) is 3. The number of rotatable bonds is 2. The van der Waals surface area contributed by atoms with Crippen molar-refractivity contribution in [2.24, 2.45) is 5.73 Å². The number of hydrogen-bond donors (Lipinski definition) is 1. The molecular formula is C14H12N4S. The van der Waals surface area contributed by atoms with Crippen molar-refractivity contribution in [1.29, 1.82) is 0 Å². The lowest BCUT2D eigenvalue weighted by molar-refractivity contribution is 1.01. The van der Waals surface area contributed by atoms with E-state index in [4.69, 9.17) is 18.0 Å². The molecule has 3 rings (SSSR count). The minimum Gasteiger partial charge on any atom is -0.389 e. The molecule has 0 aliphatic rings. The molecule has 0 aliphatic heterocycles. The summed E-state index contributed by atoms with van der Waals surface area (Å²) in [5, 5.41) is 0. The van der Waals surface area contributed by atoms with Gasteiger partial charge in [-0.1, -0.05) is 24.4 Å². The molecule has 0 atom stereocenters. The Labute approximate surface area is 115 Å². The summed E-state index contributed by atoms with van der Waals surface area (Å²) in [6.45, 7) is 1.97. The highest BCUT2D eigenvalue weighted by Gasteiger charge is 2.13. The van der Waals surface area contributed by atoms with E-state index in [2.05, 4.69) is 9.97 Å². The van der Waals surface area contributed by atoms with Gasteiger partial charge in [-0.2, -0.15) is 0 Å². The second-order valence-electron chi connectivity index (χ2n) is 4.29. The molecule has 0 fully saturated rings. The summed E-state index contributed by atoms with van der Waals surface area (Å²) in [4.78, 5) is 9.12. The smallest absolute Gasteiger partial charge is 0.148 e. The van der Waals surface area contributed by atoms with E-state index in [1.807, 2.05) is 41.8 Å². The van der Waals surface area contributed by atoms with E-state index in [1.165, 1.54) is 0 Å². The van der Waals surface area contributed by atoms with Gasteiger partial charge >= 0.3 is 0 Å². The summed E-state index contributed by atoms with van der Waals surface area (Å²) in [6, 6.07) is 9.78. The Morgan fingerprint density at radius 2 is 2.00 bits per heavy atom. The van der Waals surface area contributed by atoms with Crippen LogP contribution in [0.4, 0.5) is 0 Å². The van der Waals surface area contributed by atoms with Crippen LogP contribution in [0.25, 0.3) is 16.9 Å². The molecule has 2 heterocycles. The molecule has 94 valence electrons. The second-order valence-corrected chi connectivity index (χ2v) is 4.73. The third-order valence-electron chi connectivity index (χ3n) is 3.07. The Hall–Kier alpha value is -2.27. The number of thiocarbonyl (C=S) groups is 1. The predicted molar refractivity (Wildman–Crippen MR) is 79.5 cm³/mol. The zero-order valence-corrected chi connectivity index (χ0v) is 11.2. The number of pyridine rings is 1. The zero-order chi connectivity index (χ0) is 13.4. The van der Waals surface area contributed by atoms with Gasteiger partial charge in [0.25, 0.3) is 0 Å². The van der Waals surface area contributed by atoms with E-state index in [0.29, 0.717) is 4.99 Å². The van der Waals surface area contributed by atoms with E-state index < -0.39 is 0 Å². The van der Waals surface area contributed by atoms with Gasteiger partial charge in [0.2, 0.25) is 0 Å². The van der Waals surface area contributed by atoms with E-state index in [1.54, 1.807) is 12.5 Å². The fraction of sp³-hybridized carbons (Fsp3) is 0.0714. The number of aromatic nitrogens is 3. The molecule has 0 bridgehead atoms. The van der Waals surface area contributed by atoms with Gasteiger partial charge < -0.3 is 5.73 Å². The third-order valence-corrected chi connectivity index (χ3v) is 3.27. The molecule has 4 nitrogen and oxygen atoms in total. The molecule has 2 N–H and O–H groups in total. The van der Waals surface area contributed by atoms with Crippen molar-refractivity contribution in [3.8, 4) is 5.82 Å². The monoisotopic (exact) mass is 268 g/mol. The van der Waals surface area contributed by atoms with Crippen molar-refractivity contribution >= 4 is 28.2 Å². The maximum absolute atomic E-state index is 5.82. The SMILES string of the molecule is Cc1ccnc(-n2cnc3ccccc32)c1C(N)=S. The number of hydrogen-bond acceptors (Lipinski definition) is 3. The van der Waals surface area contributed by atoms with Crippen molar-refractivity contribution in [1.82, 2.24) is 14.5 Å². The van der Waals surface area contributed by atoms with Gasteiger partial charge in [0, 0.05) is 6.20 Å². The van der Waals surface area contributed by atoms with Crippen molar-refractivity contribution in [3.05, 3.63) is 54.0 Å². The first-order valence-corrected chi connectivity index (χ1v) is 6.27. The first-order chi connectivity index (χ1) is 9.18. The highest BCUT2D eigenvalue weighted by atomic mass is 32.1. The molecule has 0 unspecified atom stereocenters. The Bertz CT molecular complexity index is 776. The third kappa shape index (κ3) is 1.88. The number of fused-ring (bicyclic) bond motifs is 1. The molecule has 5 heteroatoms. The first kappa shape index (κ1) is 11.8. The summed E-state index contributed by atoms with van der Waals surface area (Å²) >= 11 is 5.14. The van der Waals surface area contributed by atoms with Crippen LogP contribution in [0.2, 0.25) is 0 Å². The standard InChI is InChI=1S/C14H12N4S/c1-9-6-7-16-14(12(9)13(15)19)18-8-17-10-4-2-3-5-11(10)18/h2-8H,1H3,(H2,15,19). The number of imidazole rings is 1. The average molecular weight is 268 g/mol. The minimum absolute atomic E-state index is 0.346. The summed E-state index contributed by atoms with van der Waals surface area (Å²) < 4.78 is 1.91. The molecule has 1 aromatic carbocycles. The fourth-order valence-corrected chi connectivity index (χ4v) is 2.41. The van der Waals surface area contributed by atoms with Crippen LogP contribution < -0.4 is 5.73 Å². The van der Waals surface area contributed by atoms with Crippen LogP contribution in [0.1, 0.15) is 11.1 Å². The highest BCUT2D eigenvalue weighted by molar-refractivity contribution is 7.80. The van der Waals surface area contributed by atoms with Crippen LogP contribution in [-0.2, 0) is 0 Å². The molecule has 0 saturated heterocycles. The summed E-state index contributed by atoms with van der Waals surface area (Å²) in [6.07, 6.45) is 3.50. The number of para-hydroxylation sites is 2. The van der Waals surface area contributed by atoms with Crippen LogP contribution in [0.15, 0.2) is 42.9 Å². The van der Waals surface area contributed by atoms with Gasteiger partial charge in [0.15, 0.2) is 0 Å². The van der Waals surface area contributed by atoms with Crippen LogP contribution in [0.3, 0.4) is 0 Å². The van der Waals surface area contributed by atoms with Gasteiger partial charge in [0.1, 0.15) is 17.1 Å². The van der Waals surface area contributed by atoms with Crippen molar-refractivity contribution in [3.63, 3.8) is 0 Å². The Kier molecular flexibility index (Phi) is 2.76. The molecular weight excluding hydrogens is 256 g/mol. The van der Waals surface area contributed by atoms with Crippen molar-refractivity contribution < 1.29 is 0 Å². The normalized spacial score (nSPS) is 10.8. The quantitative estimate of drug-likeness (QED) is 0.725. The first-order valence-electron chi connectivity index (χ1n) is 5.86. The van der Waals surface area contributed by atoms with Gasteiger partial charge in [-0.15, -0.1) is 0 Å². The van der Waals surface area contributed by atoms with E-state index in [0.717, 1.165) is 28.0 Å². The fourth-order valence-electron chi connectivity index (χ4n) is 2.16. The number of aryl methyl sites for hydroxylation is 1. The predicted octanol–water partition coefficient (Wildman–Crippen LogP) is 2.36. The lowest BCUT2D eigenvalue weighted by atomic mass is 10.1. The Morgan fingerprint density at radius 1 is 1.21 bits per heavy atom. The highest BCUT2D eigenvalue weighted by Crippen LogP contribution is 2.21. The molecule has 19 heavy (non-hydrogen) atoms. The molecule has 0 radical (unpaired) electrons. The molecule has 3 aromatic rings. The van der Waals surface area contributed by atoms with Gasteiger partial charge in [0.05, 0.1) is 16.6 Å². The van der Waals surface area contributed by atoms with E-state index in [9.17, 15) is 0 Å².